The zero-order valence-corrected chi connectivity index (χ0v) is 13.3. The van der Waals surface area contributed by atoms with E-state index in [4.69, 9.17) is 5.11 Å². The number of nitrogens with zero attached hydrogens (tertiary/aromatic N) is 1. The summed E-state index contributed by atoms with van der Waals surface area (Å²) in [6, 6.07) is -0.517. The van der Waals surface area contributed by atoms with Gasteiger partial charge in [0, 0.05) is 18.9 Å². The molecule has 0 saturated carbocycles. The minimum atomic E-state index is -0.905. The molecule has 0 aromatic rings. The summed E-state index contributed by atoms with van der Waals surface area (Å²) in [4.78, 5) is 36.5. The minimum absolute atomic E-state index is 0.168. The van der Waals surface area contributed by atoms with Gasteiger partial charge in [-0.3, -0.25) is 14.5 Å². The van der Waals surface area contributed by atoms with Crippen molar-refractivity contribution in [3.63, 3.8) is 0 Å². The number of hydrogen-bond donors (Lipinski definition) is 3. The molecule has 0 spiro atoms. The van der Waals surface area contributed by atoms with Crippen LogP contribution in [-0.4, -0.2) is 64.6 Å². The second kappa shape index (κ2) is 8.23. The van der Waals surface area contributed by atoms with Gasteiger partial charge in [0.25, 0.3) is 5.91 Å². The summed E-state index contributed by atoms with van der Waals surface area (Å²) in [5.74, 6) is 0.872. The Hall–Kier alpha value is -1.28. The van der Waals surface area contributed by atoms with Crippen molar-refractivity contribution in [1.29, 1.82) is 0 Å². The molecular formula is C13H23N3O4S. The van der Waals surface area contributed by atoms with E-state index in [0.29, 0.717) is 13.0 Å². The van der Waals surface area contributed by atoms with Gasteiger partial charge in [-0.25, -0.2) is 4.79 Å². The lowest BCUT2D eigenvalue weighted by molar-refractivity contribution is -0.134. The molecule has 0 aromatic heterocycles. The van der Waals surface area contributed by atoms with Gasteiger partial charge in [-0.1, -0.05) is 6.92 Å². The molecule has 3 N–H and O–H groups in total. The van der Waals surface area contributed by atoms with Crippen LogP contribution in [0.2, 0.25) is 0 Å². The number of aliphatic hydroxyl groups is 1. The maximum Gasteiger partial charge on any atom is 0.325 e. The van der Waals surface area contributed by atoms with Gasteiger partial charge in [0.05, 0.1) is 0 Å². The van der Waals surface area contributed by atoms with Crippen LogP contribution in [0.1, 0.15) is 26.7 Å². The van der Waals surface area contributed by atoms with E-state index in [9.17, 15) is 14.4 Å². The van der Waals surface area contributed by atoms with E-state index < -0.39 is 11.6 Å². The zero-order valence-electron chi connectivity index (χ0n) is 12.5. The van der Waals surface area contributed by atoms with Crippen molar-refractivity contribution >= 4 is 29.6 Å². The number of rotatable bonds is 9. The van der Waals surface area contributed by atoms with E-state index in [0.717, 1.165) is 22.8 Å². The predicted octanol–water partition coefficient (Wildman–Crippen LogP) is -0.0613. The SMILES string of the molecule is CCC1(C)NC(=O)N(CC(=O)NCCSCCCO)C1=O. The van der Waals surface area contributed by atoms with Crippen LogP contribution < -0.4 is 10.6 Å². The molecule has 0 bridgehead atoms. The van der Waals surface area contributed by atoms with Crippen molar-refractivity contribution in [2.45, 2.75) is 32.2 Å². The van der Waals surface area contributed by atoms with Gasteiger partial charge in [0.2, 0.25) is 5.91 Å². The minimum Gasteiger partial charge on any atom is -0.396 e. The third kappa shape index (κ3) is 4.89. The fraction of sp³-hybridized carbons (Fsp3) is 0.769. The Balaban J connectivity index is 2.31. The number of carbonyl (C=O) groups is 3. The van der Waals surface area contributed by atoms with Crippen LogP contribution in [0.4, 0.5) is 4.79 Å². The third-order valence-corrected chi connectivity index (χ3v) is 4.44. The number of urea groups is 1. The van der Waals surface area contributed by atoms with Gasteiger partial charge in [-0.15, -0.1) is 0 Å². The van der Waals surface area contributed by atoms with E-state index in [1.54, 1.807) is 18.7 Å². The van der Waals surface area contributed by atoms with Gasteiger partial charge >= 0.3 is 6.03 Å². The first-order valence-electron chi connectivity index (χ1n) is 7.04. The molecule has 21 heavy (non-hydrogen) atoms. The summed E-state index contributed by atoms with van der Waals surface area (Å²) in [7, 11) is 0. The Morgan fingerprint density at radius 3 is 2.71 bits per heavy atom. The quantitative estimate of drug-likeness (QED) is 0.409. The number of carbonyl (C=O) groups excluding carboxylic acids is 3. The van der Waals surface area contributed by atoms with Gasteiger partial charge in [-0.05, 0) is 25.5 Å². The van der Waals surface area contributed by atoms with Crippen LogP contribution in [0, 0.1) is 0 Å². The fourth-order valence-electron chi connectivity index (χ4n) is 1.86. The van der Waals surface area contributed by atoms with Crippen LogP contribution in [0.5, 0.6) is 0 Å². The summed E-state index contributed by atoms with van der Waals surface area (Å²) in [5.41, 5.74) is -0.905. The zero-order chi connectivity index (χ0) is 15.9. The molecule has 1 unspecified atom stereocenters. The molecule has 1 aliphatic heterocycles. The Morgan fingerprint density at radius 2 is 2.14 bits per heavy atom. The molecule has 1 saturated heterocycles. The molecule has 7 nitrogen and oxygen atoms in total. The smallest absolute Gasteiger partial charge is 0.325 e. The normalized spacial score (nSPS) is 21.6. The molecule has 1 heterocycles. The summed E-state index contributed by atoms with van der Waals surface area (Å²) in [5, 5.41) is 13.9. The lowest BCUT2D eigenvalue weighted by Gasteiger charge is -2.19. The Morgan fingerprint density at radius 1 is 1.43 bits per heavy atom. The average Bonchev–Trinajstić information content (AvgIpc) is 2.67. The fourth-order valence-corrected chi connectivity index (χ4v) is 2.64. The van der Waals surface area contributed by atoms with Crippen molar-refractivity contribution in [1.82, 2.24) is 15.5 Å². The Labute approximate surface area is 128 Å². The van der Waals surface area contributed by atoms with Crippen molar-refractivity contribution in [2.24, 2.45) is 0 Å². The molecule has 0 aromatic carbocycles. The number of nitrogens with one attached hydrogen (secondary N) is 2. The summed E-state index contributed by atoms with van der Waals surface area (Å²) in [6.45, 7) is 3.86. The highest BCUT2D eigenvalue weighted by Crippen LogP contribution is 2.20. The number of amides is 4. The lowest BCUT2D eigenvalue weighted by atomic mass is 9.99. The second-order valence-corrected chi connectivity index (χ2v) is 6.27. The topological polar surface area (TPSA) is 98.7 Å². The van der Waals surface area contributed by atoms with Crippen molar-refractivity contribution in [3.05, 3.63) is 0 Å². The Kier molecular flexibility index (Phi) is 6.97. The molecule has 4 amide bonds. The second-order valence-electron chi connectivity index (χ2n) is 5.05. The van der Waals surface area contributed by atoms with Crippen LogP contribution in [0.25, 0.3) is 0 Å². The first-order valence-corrected chi connectivity index (χ1v) is 8.19. The van der Waals surface area contributed by atoms with Crippen LogP contribution in [0.3, 0.4) is 0 Å². The van der Waals surface area contributed by atoms with Gasteiger partial charge in [0.1, 0.15) is 12.1 Å². The standard InChI is InChI=1S/C13H23N3O4S/c1-3-13(2)11(19)16(12(20)15-13)9-10(18)14-5-8-21-7-4-6-17/h17H,3-9H2,1-2H3,(H,14,18)(H,15,20). The van der Waals surface area contributed by atoms with Gasteiger partial charge in [-0.2, -0.15) is 11.8 Å². The number of imide groups is 1. The Bertz CT molecular complexity index is 405. The van der Waals surface area contributed by atoms with Gasteiger partial charge < -0.3 is 15.7 Å². The van der Waals surface area contributed by atoms with E-state index >= 15 is 0 Å². The van der Waals surface area contributed by atoms with E-state index in [1.807, 2.05) is 6.92 Å². The number of hydrogen-bond acceptors (Lipinski definition) is 5. The average molecular weight is 317 g/mol. The molecule has 1 atom stereocenters. The molecule has 0 aliphatic carbocycles. The highest BCUT2D eigenvalue weighted by atomic mass is 32.2. The highest BCUT2D eigenvalue weighted by Gasteiger charge is 2.46. The molecule has 8 heteroatoms. The monoisotopic (exact) mass is 317 g/mol. The lowest BCUT2D eigenvalue weighted by Crippen LogP contribution is -2.44. The molecule has 1 aliphatic rings. The predicted molar refractivity (Wildman–Crippen MR) is 81.0 cm³/mol. The number of aliphatic hydroxyl groups excluding tert-OH is 1. The molecule has 120 valence electrons. The number of thioether (sulfide) groups is 1. The van der Waals surface area contributed by atoms with Crippen molar-refractivity contribution < 1.29 is 19.5 Å². The van der Waals surface area contributed by atoms with Crippen LogP contribution >= 0.6 is 11.8 Å². The van der Waals surface area contributed by atoms with E-state index in [-0.39, 0.29) is 25.0 Å². The highest BCUT2D eigenvalue weighted by molar-refractivity contribution is 7.99. The summed E-state index contributed by atoms with van der Waals surface area (Å²) >= 11 is 1.63. The van der Waals surface area contributed by atoms with Crippen LogP contribution in [-0.2, 0) is 9.59 Å². The van der Waals surface area contributed by atoms with E-state index in [2.05, 4.69) is 10.6 Å². The maximum atomic E-state index is 12.1. The first kappa shape index (κ1) is 17.8. The maximum absolute atomic E-state index is 12.1. The van der Waals surface area contributed by atoms with Crippen molar-refractivity contribution in [2.75, 3.05) is 31.2 Å². The first-order chi connectivity index (χ1) is 9.94. The molecule has 1 rings (SSSR count). The van der Waals surface area contributed by atoms with Crippen LogP contribution in [0.15, 0.2) is 0 Å². The van der Waals surface area contributed by atoms with E-state index in [1.165, 1.54) is 0 Å². The van der Waals surface area contributed by atoms with Gasteiger partial charge in [0.15, 0.2) is 0 Å². The molecular weight excluding hydrogens is 294 g/mol. The molecule has 1 fully saturated rings. The summed E-state index contributed by atoms with van der Waals surface area (Å²) in [6.07, 6.45) is 1.22. The molecule has 0 radical (unpaired) electrons. The summed E-state index contributed by atoms with van der Waals surface area (Å²) < 4.78 is 0. The van der Waals surface area contributed by atoms with Crippen molar-refractivity contribution in [3.8, 4) is 0 Å². The third-order valence-electron chi connectivity index (χ3n) is 3.37. The largest absolute Gasteiger partial charge is 0.396 e.